The van der Waals surface area contributed by atoms with Crippen LogP contribution in [0.5, 0.6) is 0 Å². The minimum Gasteiger partial charge on any atom is -0.448 e. The molecule has 1 amide bonds. The van der Waals surface area contributed by atoms with Gasteiger partial charge in [-0.15, -0.1) is 0 Å². The summed E-state index contributed by atoms with van der Waals surface area (Å²) in [5.74, 6) is 0.132. The number of fused-ring (bicyclic) bond motifs is 4. The summed E-state index contributed by atoms with van der Waals surface area (Å²) in [6.07, 6.45) is -0.618. The molecule has 2 fully saturated rings. The highest BCUT2D eigenvalue weighted by molar-refractivity contribution is 5.91. The Kier molecular flexibility index (Phi) is 3.79. The summed E-state index contributed by atoms with van der Waals surface area (Å²) in [5, 5.41) is 0. The summed E-state index contributed by atoms with van der Waals surface area (Å²) < 4.78 is 11.3. The molecule has 5 heteroatoms. The first kappa shape index (κ1) is 16.5. The number of benzene rings is 2. The summed E-state index contributed by atoms with van der Waals surface area (Å²) in [6.45, 7) is 2.86. The molecule has 2 saturated heterocycles. The van der Waals surface area contributed by atoms with E-state index in [1.807, 2.05) is 31.2 Å². The number of hydrogen-bond donors (Lipinski definition) is 0. The molecule has 5 rings (SSSR count). The Morgan fingerprint density at radius 3 is 2.41 bits per heavy atom. The van der Waals surface area contributed by atoms with E-state index in [0.717, 1.165) is 0 Å². The van der Waals surface area contributed by atoms with Crippen LogP contribution < -0.4 is 0 Å². The average molecular weight is 363 g/mol. The van der Waals surface area contributed by atoms with Gasteiger partial charge in [0.2, 0.25) is 0 Å². The molecule has 0 spiro atoms. The molecule has 0 radical (unpaired) electrons. The fourth-order valence-corrected chi connectivity index (χ4v) is 4.76. The van der Waals surface area contributed by atoms with Gasteiger partial charge in [0.05, 0.1) is 6.10 Å². The lowest BCUT2D eigenvalue weighted by Gasteiger charge is -2.22. The Morgan fingerprint density at radius 2 is 1.74 bits per heavy atom. The first-order chi connectivity index (χ1) is 13.1. The van der Waals surface area contributed by atoms with Crippen LogP contribution in [-0.4, -0.2) is 48.7 Å². The number of nitrogens with zero attached hydrogens (tertiary/aromatic N) is 1. The van der Waals surface area contributed by atoms with Crippen LogP contribution in [0.2, 0.25) is 0 Å². The van der Waals surface area contributed by atoms with Gasteiger partial charge in [0.15, 0.2) is 5.78 Å². The van der Waals surface area contributed by atoms with Crippen molar-refractivity contribution in [3.63, 3.8) is 0 Å². The second kappa shape index (κ2) is 6.20. The van der Waals surface area contributed by atoms with Crippen LogP contribution >= 0.6 is 0 Å². The number of amides is 1. The highest BCUT2D eigenvalue weighted by atomic mass is 16.6. The molecule has 2 aliphatic heterocycles. The number of Topliss-reactive ketones (excluding diaryl/α,β-unsaturated/α-hetero) is 1. The summed E-state index contributed by atoms with van der Waals surface area (Å²) in [7, 11) is 0. The van der Waals surface area contributed by atoms with E-state index in [9.17, 15) is 9.59 Å². The van der Waals surface area contributed by atoms with E-state index in [-0.39, 0.29) is 36.9 Å². The monoisotopic (exact) mass is 363 g/mol. The van der Waals surface area contributed by atoms with Crippen LogP contribution in [0.3, 0.4) is 0 Å². The molecular formula is C22H21NO4. The normalized spacial score (nSPS) is 26.0. The topological polar surface area (TPSA) is 55.8 Å². The quantitative estimate of drug-likeness (QED) is 0.822. The van der Waals surface area contributed by atoms with Gasteiger partial charge in [0.25, 0.3) is 0 Å². The van der Waals surface area contributed by atoms with Crippen molar-refractivity contribution in [2.24, 2.45) is 5.92 Å². The number of ether oxygens (including phenoxy) is 2. The van der Waals surface area contributed by atoms with Gasteiger partial charge in [-0.1, -0.05) is 55.5 Å². The van der Waals surface area contributed by atoms with Crippen LogP contribution in [0.4, 0.5) is 4.79 Å². The Bertz CT molecular complexity index is 879. The van der Waals surface area contributed by atoms with Crippen LogP contribution in [0, 0.1) is 5.92 Å². The van der Waals surface area contributed by atoms with Gasteiger partial charge >= 0.3 is 6.09 Å². The van der Waals surface area contributed by atoms with E-state index < -0.39 is 12.1 Å². The zero-order valence-corrected chi connectivity index (χ0v) is 15.1. The van der Waals surface area contributed by atoms with E-state index in [1.165, 1.54) is 22.3 Å². The number of hydrogen-bond acceptors (Lipinski definition) is 4. The Hall–Kier alpha value is -2.66. The van der Waals surface area contributed by atoms with Crippen molar-refractivity contribution < 1.29 is 19.1 Å². The number of carbonyl (C=O) groups excluding carboxylic acids is 2. The lowest BCUT2D eigenvalue weighted by atomic mass is 9.98. The molecule has 27 heavy (non-hydrogen) atoms. The van der Waals surface area contributed by atoms with Crippen molar-refractivity contribution in [2.75, 3.05) is 19.8 Å². The molecule has 3 atom stereocenters. The third kappa shape index (κ3) is 2.49. The van der Waals surface area contributed by atoms with E-state index in [1.54, 1.807) is 4.90 Å². The maximum atomic E-state index is 12.8. The second-order valence-corrected chi connectivity index (χ2v) is 7.62. The van der Waals surface area contributed by atoms with Crippen molar-refractivity contribution >= 4 is 11.9 Å². The zero-order chi connectivity index (χ0) is 18.5. The summed E-state index contributed by atoms with van der Waals surface area (Å²) in [4.78, 5) is 26.4. The number of carbonyl (C=O) groups is 2. The van der Waals surface area contributed by atoms with Crippen molar-refractivity contribution in [2.45, 2.75) is 25.0 Å². The maximum absolute atomic E-state index is 12.8. The predicted molar refractivity (Wildman–Crippen MR) is 99.5 cm³/mol. The molecule has 1 aliphatic carbocycles. The molecule has 2 heterocycles. The fourth-order valence-electron chi connectivity index (χ4n) is 4.76. The van der Waals surface area contributed by atoms with E-state index in [2.05, 4.69) is 24.3 Å². The first-order valence-corrected chi connectivity index (χ1v) is 9.41. The Labute approximate surface area is 157 Å². The molecule has 2 aromatic carbocycles. The summed E-state index contributed by atoms with van der Waals surface area (Å²) in [6, 6.07) is 16.0. The first-order valence-electron chi connectivity index (χ1n) is 9.41. The van der Waals surface area contributed by atoms with Crippen LogP contribution in [0.1, 0.15) is 24.0 Å². The lowest BCUT2D eigenvalue weighted by Crippen LogP contribution is -2.42. The minimum atomic E-state index is -0.490. The van der Waals surface area contributed by atoms with Gasteiger partial charge in [-0.25, -0.2) is 4.79 Å². The lowest BCUT2D eigenvalue weighted by molar-refractivity contribution is -0.121. The van der Waals surface area contributed by atoms with Crippen molar-refractivity contribution in [3.8, 4) is 11.1 Å². The van der Waals surface area contributed by atoms with E-state index in [4.69, 9.17) is 9.47 Å². The fraction of sp³-hybridized carbons (Fsp3) is 0.364. The molecule has 5 nitrogen and oxygen atoms in total. The number of ketones is 1. The Morgan fingerprint density at radius 1 is 1.11 bits per heavy atom. The number of rotatable bonds is 2. The third-order valence-corrected chi connectivity index (χ3v) is 6.01. The molecule has 0 bridgehead atoms. The van der Waals surface area contributed by atoms with Gasteiger partial charge < -0.3 is 9.47 Å². The van der Waals surface area contributed by atoms with Gasteiger partial charge in [-0.05, 0) is 22.3 Å². The zero-order valence-electron chi connectivity index (χ0n) is 15.1. The molecule has 3 aliphatic rings. The molecule has 0 N–H and O–H groups in total. The van der Waals surface area contributed by atoms with Gasteiger partial charge in [-0.2, -0.15) is 0 Å². The van der Waals surface area contributed by atoms with E-state index >= 15 is 0 Å². The average Bonchev–Trinajstić information content (AvgIpc) is 3.33. The maximum Gasteiger partial charge on any atom is 0.410 e. The highest BCUT2D eigenvalue weighted by Crippen LogP contribution is 2.44. The van der Waals surface area contributed by atoms with Crippen molar-refractivity contribution in [1.29, 1.82) is 0 Å². The van der Waals surface area contributed by atoms with E-state index in [0.29, 0.717) is 6.54 Å². The second-order valence-electron chi connectivity index (χ2n) is 7.62. The summed E-state index contributed by atoms with van der Waals surface area (Å²) >= 11 is 0. The van der Waals surface area contributed by atoms with Crippen LogP contribution in [0.25, 0.3) is 11.1 Å². The minimum absolute atomic E-state index is 0.0210. The Balaban J connectivity index is 1.36. The SMILES string of the molecule is CC1CN(C(=O)OCC2c3ccccc3-c3ccccc32)C2C(=O)COC12. The van der Waals surface area contributed by atoms with Crippen molar-refractivity contribution in [3.05, 3.63) is 59.7 Å². The standard InChI is InChI=1S/C22H21NO4/c1-13-10-23(20-19(24)12-26-21(13)20)22(25)27-11-18-16-8-4-2-6-14(16)15-7-3-5-9-17(15)18/h2-9,13,18,20-21H,10-12H2,1H3. The largest absolute Gasteiger partial charge is 0.448 e. The molecular weight excluding hydrogens is 342 g/mol. The van der Waals surface area contributed by atoms with Gasteiger partial charge in [0, 0.05) is 18.4 Å². The third-order valence-electron chi connectivity index (χ3n) is 6.01. The van der Waals surface area contributed by atoms with Gasteiger partial charge in [0.1, 0.15) is 19.3 Å². The highest BCUT2D eigenvalue weighted by Gasteiger charge is 2.51. The van der Waals surface area contributed by atoms with Crippen LogP contribution in [0.15, 0.2) is 48.5 Å². The molecule has 0 aromatic heterocycles. The van der Waals surface area contributed by atoms with Crippen molar-refractivity contribution in [1.82, 2.24) is 4.90 Å². The molecule has 3 unspecified atom stereocenters. The number of likely N-dealkylation sites (tertiary alicyclic amines) is 1. The predicted octanol–water partition coefficient (Wildman–Crippen LogP) is 3.22. The van der Waals surface area contributed by atoms with Crippen LogP contribution in [-0.2, 0) is 14.3 Å². The smallest absolute Gasteiger partial charge is 0.410 e. The molecule has 0 saturated carbocycles. The molecule has 2 aromatic rings. The van der Waals surface area contributed by atoms with Gasteiger partial charge in [-0.3, -0.25) is 9.69 Å². The summed E-state index contributed by atoms with van der Waals surface area (Å²) in [5.41, 5.74) is 4.76. The molecule has 138 valence electrons.